The summed E-state index contributed by atoms with van der Waals surface area (Å²) in [6.07, 6.45) is 0. The standard InChI is InChI=1S/C10H14N2O2S/c1-9-3-5-10(6-4-9)12-8-7-11(2)15(12,13)14/h3-6H,7-8H2,1-2H3. The second-order valence-corrected chi connectivity index (χ2v) is 5.70. The number of nitrogens with zero attached hydrogens (tertiary/aromatic N) is 2. The van der Waals surface area contributed by atoms with Gasteiger partial charge in [-0.25, -0.2) is 0 Å². The van der Waals surface area contributed by atoms with E-state index in [2.05, 4.69) is 0 Å². The molecule has 82 valence electrons. The fraction of sp³-hybridized carbons (Fsp3) is 0.400. The molecular formula is C10H14N2O2S. The average molecular weight is 226 g/mol. The van der Waals surface area contributed by atoms with E-state index in [1.807, 2.05) is 31.2 Å². The predicted molar refractivity (Wildman–Crippen MR) is 60.1 cm³/mol. The first-order valence-corrected chi connectivity index (χ1v) is 6.22. The van der Waals surface area contributed by atoms with Crippen molar-refractivity contribution in [2.45, 2.75) is 6.92 Å². The molecule has 1 aromatic rings. The summed E-state index contributed by atoms with van der Waals surface area (Å²) in [5.41, 5.74) is 1.87. The van der Waals surface area contributed by atoms with Crippen molar-refractivity contribution in [3.63, 3.8) is 0 Å². The molecule has 0 radical (unpaired) electrons. The van der Waals surface area contributed by atoms with Crippen LogP contribution in [0.4, 0.5) is 5.69 Å². The lowest BCUT2D eigenvalue weighted by atomic mass is 10.2. The summed E-state index contributed by atoms with van der Waals surface area (Å²) >= 11 is 0. The normalized spacial score (nSPS) is 20.8. The van der Waals surface area contributed by atoms with Gasteiger partial charge >= 0.3 is 10.2 Å². The molecule has 15 heavy (non-hydrogen) atoms. The van der Waals surface area contributed by atoms with Crippen molar-refractivity contribution in [2.24, 2.45) is 0 Å². The van der Waals surface area contributed by atoms with Gasteiger partial charge in [0.05, 0.1) is 5.69 Å². The van der Waals surface area contributed by atoms with Crippen LogP contribution in [0.1, 0.15) is 5.56 Å². The van der Waals surface area contributed by atoms with Crippen molar-refractivity contribution in [2.75, 3.05) is 24.4 Å². The third-order valence-electron chi connectivity index (χ3n) is 2.61. The van der Waals surface area contributed by atoms with Crippen LogP contribution < -0.4 is 4.31 Å². The predicted octanol–water partition coefficient (Wildman–Crippen LogP) is 0.992. The highest BCUT2D eigenvalue weighted by Gasteiger charge is 2.33. The second-order valence-electron chi connectivity index (χ2n) is 3.74. The highest BCUT2D eigenvalue weighted by Crippen LogP contribution is 2.23. The number of likely N-dealkylation sites (N-methyl/N-ethyl adjacent to an activating group) is 1. The quantitative estimate of drug-likeness (QED) is 0.716. The van der Waals surface area contributed by atoms with E-state index >= 15 is 0 Å². The highest BCUT2D eigenvalue weighted by atomic mass is 32.2. The molecule has 0 atom stereocenters. The molecule has 0 saturated carbocycles. The third-order valence-corrected chi connectivity index (χ3v) is 4.53. The van der Waals surface area contributed by atoms with E-state index in [9.17, 15) is 8.42 Å². The van der Waals surface area contributed by atoms with Gasteiger partial charge in [0.2, 0.25) is 0 Å². The van der Waals surface area contributed by atoms with Crippen LogP contribution in [0.15, 0.2) is 24.3 Å². The SMILES string of the molecule is Cc1ccc(N2CCN(C)S2(=O)=O)cc1. The Balaban J connectivity index is 2.37. The van der Waals surface area contributed by atoms with Crippen LogP contribution in [-0.4, -0.2) is 32.9 Å². The lowest BCUT2D eigenvalue weighted by Crippen LogP contribution is -2.30. The maximum atomic E-state index is 11.8. The minimum atomic E-state index is -3.27. The summed E-state index contributed by atoms with van der Waals surface area (Å²) in [4.78, 5) is 0. The third kappa shape index (κ3) is 1.72. The lowest BCUT2D eigenvalue weighted by Gasteiger charge is -2.17. The maximum absolute atomic E-state index is 11.8. The zero-order chi connectivity index (χ0) is 11.1. The van der Waals surface area contributed by atoms with Gasteiger partial charge < -0.3 is 0 Å². The van der Waals surface area contributed by atoms with Crippen molar-refractivity contribution < 1.29 is 8.42 Å². The van der Waals surface area contributed by atoms with Gasteiger partial charge in [-0.3, -0.25) is 4.31 Å². The molecule has 4 nitrogen and oxygen atoms in total. The summed E-state index contributed by atoms with van der Waals surface area (Å²) in [6.45, 7) is 3.06. The fourth-order valence-electron chi connectivity index (χ4n) is 1.60. The van der Waals surface area contributed by atoms with Gasteiger partial charge in [0.1, 0.15) is 0 Å². The van der Waals surface area contributed by atoms with Gasteiger partial charge in [-0.2, -0.15) is 12.7 Å². The van der Waals surface area contributed by atoms with Crippen LogP contribution in [0, 0.1) is 6.92 Å². The molecule has 1 aliphatic heterocycles. The number of rotatable bonds is 1. The molecule has 0 amide bonds. The molecular weight excluding hydrogens is 212 g/mol. The minimum Gasteiger partial charge on any atom is -0.256 e. The van der Waals surface area contributed by atoms with Gasteiger partial charge in [0, 0.05) is 20.1 Å². The van der Waals surface area contributed by atoms with Crippen molar-refractivity contribution >= 4 is 15.9 Å². The molecule has 0 N–H and O–H groups in total. The Bertz CT molecular complexity index is 453. The van der Waals surface area contributed by atoms with Crippen molar-refractivity contribution in [3.8, 4) is 0 Å². The molecule has 1 saturated heterocycles. The number of anilines is 1. The molecule has 1 aliphatic rings. The van der Waals surface area contributed by atoms with Crippen LogP contribution in [0.3, 0.4) is 0 Å². The van der Waals surface area contributed by atoms with Gasteiger partial charge in [-0.1, -0.05) is 17.7 Å². The Morgan fingerprint density at radius 2 is 1.73 bits per heavy atom. The molecule has 0 unspecified atom stereocenters. The molecule has 0 aliphatic carbocycles. The van der Waals surface area contributed by atoms with Crippen LogP contribution in [-0.2, 0) is 10.2 Å². The lowest BCUT2D eigenvalue weighted by molar-refractivity contribution is 0.511. The Hall–Kier alpha value is -1.07. The zero-order valence-electron chi connectivity index (χ0n) is 8.84. The number of aryl methyl sites for hydroxylation is 1. The van der Waals surface area contributed by atoms with Gasteiger partial charge in [0.15, 0.2) is 0 Å². The Morgan fingerprint density at radius 3 is 2.20 bits per heavy atom. The highest BCUT2D eigenvalue weighted by molar-refractivity contribution is 7.90. The zero-order valence-corrected chi connectivity index (χ0v) is 9.66. The van der Waals surface area contributed by atoms with Crippen LogP contribution >= 0.6 is 0 Å². The monoisotopic (exact) mass is 226 g/mol. The first-order valence-electron chi connectivity index (χ1n) is 4.82. The number of hydrogen-bond donors (Lipinski definition) is 0. The average Bonchev–Trinajstić information content (AvgIpc) is 2.44. The van der Waals surface area contributed by atoms with E-state index in [1.54, 1.807) is 7.05 Å². The molecule has 0 bridgehead atoms. The summed E-state index contributed by atoms with van der Waals surface area (Å²) < 4.78 is 26.5. The maximum Gasteiger partial charge on any atom is 0.303 e. The van der Waals surface area contributed by atoms with Crippen LogP contribution in [0.5, 0.6) is 0 Å². The molecule has 0 aromatic heterocycles. The van der Waals surface area contributed by atoms with Gasteiger partial charge in [0.25, 0.3) is 0 Å². The van der Waals surface area contributed by atoms with E-state index in [1.165, 1.54) is 8.61 Å². The van der Waals surface area contributed by atoms with E-state index < -0.39 is 10.2 Å². The largest absolute Gasteiger partial charge is 0.303 e. The number of benzene rings is 1. The molecule has 1 aromatic carbocycles. The fourth-order valence-corrected chi connectivity index (χ4v) is 2.95. The van der Waals surface area contributed by atoms with Crippen molar-refractivity contribution in [3.05, 3.63) is 29.8 Å². The van der Waals surface area contributed by atoms with Crippen molar-refractivity contribution in [1.82, 2.24) is 4.31 Å². The van der Waals surface area contributed by atoms with Crippen LogP contribution in [0.2, 0.25) is 0 Å². The summed E-state index contributed by atoms with van der Waals surface area (Å²) in [5, 5.41) is 0. The van der Waals surface area contributed by atoms with E-state index in [4.69, 9.17) is 0 Å². The first kappa shape index (κ1) is 10.4. The van der Waals surface area contributed by atoms with E-state index in [-0.39, 0.29) is 0 Å². The smallest absolute Gasteiger partial charge is 0.256 e. The molecule has 1 heterocycles. The Kier molecular flexibility index (Phi) is 2.44. The minimum absolute atomic E-state index is 0.530. The van der Waals surface area contributed by atoms with Gasteiger partial charge in [-0.15, -0.1) is 0 Å². The molecule has 5 heteroatoms. The number of hydrogen-bond acceptors (Lipinski definition) is 2. The Labute approximate surface area is 90.3 Å². The van der Waals surface area contributed by atoms with E-state index in [0.717, 1.165) is 11.3 Å². The van der Waals surface area contributed by atoms with Crippen molar-refractivity contribution in [1.29, 1.82) is 0 Å². The Morgan fingerprint density at radius 1 is 1.13 bits per heavy atom. The molecule has 0 spiro atoms. The van der Waals surface area contributed by atoms with E-state index in [0.29, 0.717) is 13.1 Å². The van der Waals surface area contributed by atoms with Crippen LogP contribution in [0.25, 0.3) is 0 Å². The topological polar surface area (TPSA) is 40.6 Å². The summed E-state index contributed by atoms with van der Waals surface area (Å²) in [6, 6.07) is 7.52. The second kappa shape index (κ2) is 3.50. The molecule has 1 fully saturated rings. The summed E-state index contributed by atoms with van der Waals surface area (Å²) in [5.74, 6) is 0. The first-order chi connectivity index (χ1) is 7.01. The molecule has 2 rings (SSSR count). The van der Waals surface area contributed by atoms with Gasteiger partial charge in [-0.05, 0) is 19.1 Å². The summed E-state index contributed by atoms with van der Waals surface area (Å²) in [7, 11) is -1.66.